The Morgan fingerprint density at radius 1 is 1.32 bits per heavy atom. The highest BCUT2D eigenvalue weighted by atomic mass is 16.2. The first kappa shape index (κ1) is 12.1. The molecular formula is C14H17N3O2. The molecule has 5 heteroatoms. The fourth-order valence-electron chi connectivity index (χ4n) is 3.26. The predicted octanol–water partition coefficient (Wildman–Crippen LogP) is 1.19. The SMILES string of the molecule is CC1CC2C(=O)N(Cc3cccnc3N)C(=O)C2C1. The van der Waals surface area contributed by atoms with E-state index >= 15 is 0 Å². The van der Waals surface area contributed by atoms with Crippen LogP contribution in [0.25, 0.3) is 0 Å². The zero-order valence-corrected chi connectivity index (χ0v) is 10.9. The van der Waals surface area contributed by atoms with Gasteiger partial charge in [0.15, 0.2) is 0 Å². The third-order valence-corrected chi connectivity index (χ3v) is 4.22. The highest BCUT2D eigenvalue weighted by Gasteiger charge is 2.51. The van der Waals surface area contributed by atoms with Crippen LogP contribution in [0.15, 0.2) is 18.3 Å². The molecule has 3 rings (SSSR count). The maximum absolute atomic E-state index is 12.3. The van der Waals surface area contributed by atoms with Gasteiger partial charge >= 0.3 is 0 Å². The van der Waals surface area contributed by atoms with Crippen molar-refractivity contribution in [2.75, 3.05) is 5.73 Å². The van der Waals surface area contributed by atoms with E-state index in [1.54, 1.807) is 18.3 Å². The van der Waals surface area contributed by atoms with Crippen LogP contribution >= 0.6 is 0 Å². The van der Waals surface area contributed by atoms with Crippen molar-refractivity contribution in [1.82, 2.24) is 9.88 Å². The Labute approximate surface area is 111 Å². The van der Waals surface area contributed by atoms with E-state index in [2.05, 4.69) is 11.9 Å². The summed E-state index contributed by atoms with van der Waals surface area (Å²) < 4.78 is 0. The Balaban J connectivity index is 1.82. The quantitative estimate of drug-likeness (QED) is 0.809. The second-order valence-electron chi connectivity index (χ2n) is 5.60. The minimum atomic E-state index is -0.111. The lowest BCUT2D eigenvalue weighted by atomic mass is 10.00. The summed E-state index contributed by atoms with van der Waals surface area (Å²) in [5.41, 5.74) is 6.50. The van der Waals surface area contributed by atoms with Crippen molar-refractivity contribution in [2.45, 2.75) is 26.3 Å². The summed E-state index contributed by atoms with van der Waals surface area (Å²) in [6.45, 7) is 2.35. The number of hydrogen-bond acceptors (Lipinski definition) is 4. The van der Waals surface area contributed by atoms with Gasteiger partial charge in [-0.05, 0) is 24.8 Å². The maximum atomic E-state index is 12.3. The first-order valence-corrected chi connectivity index (χ1v) is 6.62. The van der Waals surface area contributed by atoms with Gasteiger partial charge in [0.25, 0.3) is 0 Å². The van der Waals surface area contributed by atoms with Crippen LogP contribution < -0.4 is 5.73 Å². The standard InChI is InChI=1S/C14H17N3O2/c1-8-5-10-11(6-8)14(19)17(13(10)18)7-9-3-2-4-16-12(9)15/h2-4,8,10-11H,5-7H2,1H3,(H2,15,16). The molecule has 0 bridgehead atoms. The zero-order valence-electron chi connectivity index (χ0n) is 10.9. The summed E-state index contributed by atoms with van der Waals surface area (Å²) in [6, 6.07) is 3.57. The molecule has 0 radical (unpaired) electrons. The van der Waals surface area contributed by atoms with E-state index in [9.17, 15) is 9.59 Å². The fraction of sp³-hybridized carbons (Fsp3) is 0.500. The number of amides is 2. The van der Waals surface area contributed by atoms with Crippen molar-refractivity contribution in [3.8, 4) is 0 Å². The molecule has 2 amide bonds. The molecule has 1 saturated carbocycles. The average Bonchev–Trinajstić information content (AvgIpc) is 2.86. The average molecular weight is 259 g/mol. The smallest absolute Gasteiger partial charge is 0.233 e. The summed E-state index contributed by atoms with van der Waals surface area (Å²) in [4.78, 5) is 29.9. The van der Waals surface area contributed by atoms with E-state index in [1.165, 1.54) is 4.90 Å². The number of imide groups is 1. The zero-order chi connectivity index (χ0) is 13.6. The molecule has 2 aliphatic rings. The highest BCUT2D eigenvalue weighted by molar-refractivity contribution is 6.05. The first-order valence-electron chi connectivity index (χ1n) is 6.62. The number of anilines is 1. The molecule has 1 aliphatic heterocycles. The topological polar surface area (TPSA) is 76.3 Å². The van der Waals surface area contributed by atoms with E-state index in [4.69, 9.17) is 5.73 Å². The van der Waals surface area contributed by atoms with Crippen LogP contribution in [0.3, 0.4) is 0 Å². The lowest BCUT2D eigenvalue weighted by molar-refractivity contribution is -0.141. The number of carbonyl (C=O) groups is 2. The van der Waals surface area contributed by atoms with Gasteiger partial charge in [-0.15, -0.1) is 0 Å². The number of pyridine rings is 1. The molecule has 5 nitrogen and oxygen atoms in total. The number of aromatic nitrogens is 1. The van der Waals surface area contributed by atoms with E-state index in [-0.39, 0.29) is 30.2 Å². The molecule has 1 aromatic rings. The summed E-state index contributed by atoms with van der Waals surface area (Å²) in [6.07, 6.45) is 3.26. The third kappa shape index (κ3) is 1.89. The Bertz CT molecular complexity index is 519. The Morgan fingerprint density at radius 3 is 2.53 bits per heavy atom. The molecule has 19 heavy (non-hydrogen) atoms. The Morgan fingerprint density at radius 2 is 1.95 bits per heavy atom. The monoisotopic (exact) mass is 259 g/mol. The molecule has 2 fully saturated rings. The number of nitrogens with two attached hydrogens (primary N) is 1. The van der Waals surface area contributed by atoms with Crippen LogP contribution in [0.5, 0.6) is 0 Å². The number of hydrogen-bond donors (Lipinski definition) is 1. The summed E-state index contributed by atoms with van der Waals surface area (Å²) in [5.74, 6) is 0.549. The number of nitrogens with zero attached hydrogens (tertiary/aromatic N) is 2. The third-order valence-electron chi connectivity index (χ3n) is 4.22. The Hall–Kier alpha value is -1.91. The van der Waals surface area contributed by atoms with Crippen LogP contribution in [0.4, 0.5) is 5.82 Å². The van der Waals surface area contributed by atoms with E-state index in [0.29, 0.717) is 11.7 Å². The van der Waals surface area contributed by atoms with Gasteiger partial charge in [-0.3, -0.25) is 14.5 Å². The van der Waals surface area contributed by atoms with Gasteiger partial charge in [-0.1, -0.05) is 13.0 Å². The molecule has 100 valence electrons. The molecule has 1 saturated heterocycles. The largest absolute Gasteiger partial charge is 0.383 e. The lowest BCUT2D eigenvalue weighted by Gasteiger charge is -2.17. The molecule has 1 aliphatic carbocycles. The molecule has 1 aromatic heterocycles. The fourth-order valence-corrected chi connectivity index (χ4v) is 3.26. The highest BCUT2D eigenvalue weighted by Crippen LogP contribution is 2.43. The normalized spacial score (nSPS) is 29.9. The van der Waals surface area contributed by atoms with Gasteiger partial charge < -0.3 is 5.73 Å². The van der Waals surface area contributed by atoms with Crippen LogP contribution in [0, 0.1) is 17.8 Å². The maximum Gasteiger partial charge on any atom is 0.233 e. The summed E-state index contributed by atoms with van der Waals surface area (Å²) in [7, 11) is 0. The van der Waals surface area contributed by atoms with Crippen molar-refractivity contribution in [3.63, 3.8) is 0 Å². The number of likely N-dealkylation sites (tertiary alicyclic amines) is 1. The van der Waals surface area contributed by atoms with E-state index in [0.717, 1.165) is 18.4 Å². The molecule has 2 unspecified atom stereocenters. The number of rotatable bonds is 2. The molecule has 2 heterocycles. The summed E-state index contributed by atoms with van der Waals surface area (Å²) in [5, 5.41) is 0. The number of fused-ring (bicyclic) bond motifs is 1. The number of nitrogen functional groups attached to an aromatic ring is 1. The molecule has 0 aromatic carbocycles. The van der Waals surface area contributed by atoms with Crippen molar-refractivity contribution in [1.29, 1.82) is 0 Å². The van der Waals surface area contributed by atoms with Gasteiger partial charge in [0.05, 0.1) is 18.4 Å². The van der Waals surface area contributed by atoms with Crippen molar-refractivity contribution >= 4 is 17.6 Å². The minimum Gasteiger partial charge on any atom is -0.383 e. The second-order valence-corrected chi connectivity index (χ2v) is 5.60. The van der Waals surface area contributed by atoms with E-state index in [1.807, 2.05) is 0 Å². The van der Waals surface area contributed by atoms with Crippen LogP contribution in [-0.4, -0.2) is 21.7 Å². The van der Waals surface area contributed by atoms with Gasteiger partial charge in [0.1, 0.15) is 5.82 Å². The molecular weight excluding hydrogens is 242 g/mol. The van der Waals surface area contributed by atoms with Crippen molar-refractivity contribution in [2.24, 2.45) is 17.8 Å². The Kier molecular flexibility index (Phi) is 2.77. The predicted molar refractivity (Wildman–Crippen MR) is 69.6 cm³/mol. The van der Waals surface area contributed by atoms with Gasteiger partial charge in [0.2, 0.25) is 11.8 Å². The number of carbonyl (C=O) groups excluding carboxylic acids is 2. The van der Waals surface area contributed by atoms with Gasteiger partial charge in [-0.2, -0.15) is 0 Å². The van der Waals surface area contributed by atoms with Crippen molar-refractivity contribution in [3.05, 3.63) is 23.9 Å². The van der Waals surface area contributed by atoms with Crippen molar-refractivity contribution < 1.29 is 9.59 Å². The van der Waals surface area contributed by atoms with Crippen LogP contribution in [0.2, 0.25) is 0 Å². The molecule has 2 atom stereocenters. The molecule has 0 spiro atoms. The minimum absolute atomic E-state index is 0.0393. The first-order chi connectivity index (χ1) is 9.08. The van der Waals surface area contributed by atoms with Crippen LogP contribution in [0.1, 0.15) is 25.3 Å². The van der Waals surface area contributed by atoms with Crippen LogP contribution in [-0.2, 0) is 16.1 Å². The lowest BCUT2D eigenvalue weighted by Crippen LogP contribution is -2.32. The molecule has 2 N–H and O–H groups in total. The van der Waals surface area contributed by atoms with E-state index < -0.39 is 0 Å². The second kappa shape index (κ2) is 4.33. The summed E-state index contributed by atoms with van der Waals surface area (Å²) >= 11 is 0. The van der Waals surface area contributed by atoms with Gasteiger partial charge in [-0.25, -0.2) is 4.98 Å². The van der Waals surface area contributed by atoms with Gasteiger partial charge in [0, 0.05) is 11.8 Å².